The molecule has 7 nitrogen and oxygen atoms in total. The molecular weight excluding hydrogens is 274 g/mol. The van der Waals surface area contributed by atoms with Crippen molar-refractivity contribution in [3.05, 3.63) is 0 Å². The largest absolute Gasteiger partial charge is 0.480 e. The Morgan fingerprint density at radius 2 is 1.81 bits per heavy atom. The van der Waals surface area contributed by atoms with E-state index in [1.165, 1.54) is 19.3 Å². The smallest absolute Gasteiger partial charge is 0.326 e. The molecule has 1 unspecified atom stereocenters. The van der Waals surface area contributed by atoms with Crippen molar-refractivity contribution >= 4 is 17.9 Å². The van der Waals surface area contributed by atoms with Gasteiger partial charge in [0.2, 0.25) is 5.91 Å². The number of carbonyl (C=O) groups excluding carboxylic acids is 2. The van der Waals surface area contributed by atoms with Gasteiger partial charge in [-0.05, 0) is 32.1 Å². The summed E-state index contributed by atoms with van der Waals surface area (Å²) < 4.78 is 0. The van der Waals surface area contributed by atoms with Gasteiger partial charge in [-0.25, -0.2) is 9.59 Å². The van der Waals surface area contributed by atoms with Gasteiger partial charge in [0.25, 0.3) is 0 Å². The normalized spacial score (nSPS) is 18.5. The van der Waals surface area contributed by atoms with Crippen LogP contribution < -0.4 is 16.4 Å². The maximum absolute atomic E-state index is 11.9. The van der Waals surface area contributed by atoms with E-state index in [0.717, 1.165) is 12.8 Å². The minimum atomic E-state index is -1.17. The third kappa shape index (κ3) is 6.46. The van der Waals surface area contributed by atoms with Crippen LogP contribution in [0.25, 0.3) is 0 Å². The predicted octanol–water partition coefficient (Wildman–Crippen LogP) is 0.973. The van der Waals surface area contributed by atoms with E-state index >= 15 is 0 Å². The van der Waals surface area contributed by atoms with E-state index in [4.69, 9.17) is 10.8 Å². The Kier molecular flexibility index (Phi) is 6.98. The average Bonchev–Trinajstić information content (AvgIpc) is 2.43. The van der Waals surface area contributed by atoms with Crippen LogP contribution in [0, 0.1) is 5.92 Å². The number of primary amides is 1. The molecule has 0 aromatic heterocycles. The van der Waals surface area contributed by atoms with Crippen LogP contribution in [0.1, 0.15) is 51.9 Å². The van der Waals surface area contributed by atoms with Crippen molar-refractivity contribution in [2.24, 2.45) is 11.7 Å². The Bertz CT molecular complexity index is 380. The zero-order valence-electron chi connectivity index (χ0n) is 12.4. The number of nitrogens with one attached hydrogen (secondary N) is 2. The summed E-state index contributed by atoms with van der Waals surface area (Å²) in [4.78, 5) is 33.6. The molecule has 1 aliphatic rings. The molecule has 0 aromatic carbocycles. The molecule has 5 N–H and O–H groups in total. The van der Waals surface area contributed by atoms with Crippen LogP contribution in [0.2, 0.25) is 0 Å². The van der Waals surface area contributed by atoms with Gasteiger partial charge in [0, 0.05) is 12.5 Å². The lowest BCUT2D eigenvalue weighted by atomic mass is 9.85. The maximum Gasteiger partial charge on any atom is 0.326 e. The van der Waals surface area contributed by atoms with Gasteiger partial charge in [-0.3, -0.25) is 4.79 Å². The molecule has 2 atom stereocenters. The number of amides is 3. The molecule has 1 aliphatic carbocycles. The average molecular weight is 299 g/mol. The number of hydrogen-bond acceptors (Lipinski definition) is 3. The second-order valence-corrected chi connectivity index (χ2v) is 5.70. The molecule has 0 aliphatic heterocycles. The van der Waals surface area contributed by atoms with Crippen LogP contribution in [0.15, 0.2) is 0 Å². The second-order valence-electron chi connectivity index (χ2n) is 5.70. The van der Waals surface area contributed by atoms with Crippen LogP contribution in [-0.4, -0.2) is 35.1 Å². The van der Waals surface area contributed by atoms with Crippen molar-refractivity contribution in [1.29, 1.82) is 0 Å². The summed E-state index contributed by atoms with van der Waals surface area (Å²) in [5, 5.41) is 14.2. The molecule has 3 amide bonds. The first-order valence-electron chi connectivity index (χ1n) is 7.48. The van der Waals surface area contributed by atoms with Crippen molar-refractivity contribution < 1.29 is 19.5 Å². The Morgan fingerprint density at radius 3 is 2.33 bits per heavy atom. The summed E-state index contributed by atoms with van der Waals surface area (Å²) in [5.74, 6) is -1.31. The van der Waals surface area contributed by atoms with Gasteiger partial charge in [0.15, 0.2) is 0 Å². The molecule has 0 aromatic rings. The third-order valence-electron chi connectivity index (χ3n) is 4.00. The second kappa shape index (κ2) is 8.49. The highest BCUT2D eigenvalue weighted by Crippen LogP contribution is 2.26. The Hall–Kier alpha value is -1.79. The van der Waals surface area contributed by atoms with Gasteiger partial charge < -0.3 is 21.5 Å². The monoisotopic (exact) mass is 299 g/mol. The van der Waals surface area contributed by atoms with Crippen LogP contribution in [0.5, 0.6) is 0 Å². The number of hydrogen-bond donors (Lipinski definition) is 4. The van der Waals surface area contributed by atoms with Crippen molar-refractivity contribution in [3.8, 4) is 0 Å². The van der Waals surface area contributed by atoms with E-state index in [1.807, 2.05) is 6.92 Å². The summed E-state index contributed by atoms with van der Waals surface area (Å²) >= 11 is 0. The maximum atomic E-state index is 11.9. The van der Waals surface area contributed by atoms with Crippen LogP contribution in [0.3, 0.4) is 0 Å². The van der Waals surface area contributed by atoms with Crippen molar-refractivity contribution in [1.82, 2.24) is 10.6 Å². The molecule has 0 saturated heterocycles. The summed E-state index contributed by atoms with van der Waals surface area (Å²) in [6, 6.07) is -1.60. The number of urea groups is 1. The summed E-state index contributed by atoms with van der Waals surface area (Å²) in [5.41, 5.74) is 4.99. The van der Waals surface area contributed by atoms with Gasteiger partial charge in [0.1, 0.15) is 6.04 Å². The molecule has 120 valence electrons. The van der Waals surface area contributed by atoms with E-state index in [-0.39, 0.29) is 18.9 Å². The fourth-order valence-corrected chi connectivity index (χ4v) is 2.70. The minimum Gasteiger partial charge on any atom is -0.480 e. The number of rotatable bonds is 7. The number of nitrogens with two attached hydrogens (primary N) is 1. The van der Waals surface area contributed by atoms with Gasteiger partial charge in [0.05, 0.1) is 0 Å². The standard InChI is InChI=1S/C14H25N3O4/c1-9(10-5-3-2-4-6-10)16-14(21)17-11(13(19)20)7-8-12(15)18/h9-11H,2-8H2,1H3,(H2,15,18)(H,19,20)(H2,16,17,21)/t9?,11-/m1/s1. The number of carboxylic acid groups (broad SMARTS) is 1. The van der Waals surface area contributed by atoms with E-state index in [0.29, 0.717) is 5.92 Å². The Balaban J connectivity index is 2.41. The van der Waals surface area contributed by atoms with E-state index in [9.17, 15) is 14.4 Å². The van der Waals surface area contributed by atoms with Crippen LogP contribution >= 0.6 is 0 Å². The quantitative estimate of drug-likeness (QED) is 0.559. The predicted molar refractivity (Wildman–Crippen MR) is 77.6 cm³/mol. The highest BCUT2D eigenvalue weighted by Gasteiger charge is 2.24. The van der Waals surface area contributed by atoms with Gasteiger partial charge in [-0.1, -0.05) is 19.3 Å². The number of carboxylic acids is 1. The molecule has 21 heavy (non-hydrogen) atoms. The lowest BCUT2D eigenvalue weighted by molar-refractivity contribution is -0.139. The van der Waals surface area contributed by atoms with E-state index in [1.54, 1.807) is 0 Å². The molecule has 0 heterocycles. The molecule has 1 saturated carbocycles. The van der Waals surface area contributed by atoms with Gasteiger partial charge >= 0.3 is 12.0 Å². The molecule has 1 rings (SSSR count). The number of aliphatic carboxylic acids is 1. The zero-order valence-corrected chi connectivity index (χ0v) is 12.4. The number of carbonyl (C=O) groups is 3. The highest BCUT2D eigenvalue weighted by atomic mass is 16.4. The first kappa shape index (κ1) is 17.3. The lowest BCUT2D eigenvalue weighted by Gasteiger charge is -2.28. The van der Waals surface area contributed by atoms with E-state index in [2.05, 4.69) is 10.6 Å². The minimum absolute atomic E-state index is 0.00407. The highest BCUT2D eigenvalue weighted by molar-refractivity contribution is 5.83. The van der Waals surface area contributed by atoms with Gasteiger partial charge in [-0.2, -0.15) is 0 Å². The van der Waals surface area contributed by atoms with Crippen molar-refractivity contribution in [3.63, 3.8) is 0 Å². The van der Waals surface area contributed by atoms with E-state index < -0.39 is 23.9 Å². The Morgan fingerprint density at radius 1 is 1.19 bits per heavy atom. The summed E-state index contributed by atoms with van der Waals surface area (Å²) in [7, 11) is 0. The van der Waals surface area contributed by atoms with Crippen molar-refractivity contribution in [2.45, 2.75) is 64.0 Å². The summed E-state index contributed by atoms with van der Waals surface area (Å²) in [6.45, 7) is 1.94. The molecule has 7 heteroatoms. The van der Waals surface area contributed by atoms with Crippen LogP contribution in [-0.2, 0) is 9.59 Å². The topological polar surface area (TPSA) is 122 Å². The van der Waals surface area contributed by atoms with Gasteiger partial charge in [-0.15, -0.1) is 0 Å². The first-order chi connectivity index (χ1) is 9.90. The van der Waals surface area contributed by atoms with Crippen LogP contribution in [0.4, 0.5) is 4.79 Å². The molecule has 0 radical (unpaired) electrons. The first-order valence-corrected chi connectivity index (χ1v) is 7.48. The SMILES string of the molecule is CC(NC(=O)N[C@H](CCC(N)=O)C(=O)O)C1CCCCC1. The molecule has 1 fully saturated rings. The molecular formula is C14H25N3O4. The fraction of sp³-hybridized carbons (Fsp3) is 0.786. The van der Waals surface area contributed by atoms with Crippen molar-refractivity contribution in [2.75, 3.05) is 0 Å². The summed E-state index contributed by atoms with van der Waals surface area (Å²) in [6.07, 6.45) is 5.69. The molecule has 0 bridgehead atoms. The Labute approximate surface area is 124 Å². The zero-order chi connectivity index (χ0) is 15.8. The fourth-order valence-electron chi connectivity index (χ4n) is 2.70. The molecule has 0 spiro atoms. The lowest BCUT2D eigenvalue weighted by Crippen LogP contribution is -2.50. The third-order valence-corrected chi connectivity index (χ3v) is 4.00.